The quantitative estimate of drug-likeness (QED) is 0.302. The summed E-state index contributed by atoms with van der Waals surface area (Å²) < 4.78 is 35.2. The number of aromatic nitrogens is 4. The predicted octanol–water partition coefficient (Wildman–Crippen LogP) is -0.205. The van der Waals surface area contributed by atoms with Crippen molar-refractivity contribution < 1.29 is 37.9 Å². The number of fused-ring (bicyclic) bond motifs is 2. The van der Waals surface area contributed by atoms with Crippen molar-refractivity contribution in [2.24, 2.45) is 0 Å². The van der Waals surface area contributed by atoms with Crippen LogP contribution in [0.3, 0.4) is 0 Å². The molecule has 2 saturated heterocycles. The Balaban J connectivity index is 1.52. The molecule has 33 heavy (non-hydrogen) atoms. The lowest BCUT2D eigenvalue weighted by atomic mass is 10.1. The zero-order chi connectivity index (χ0) is 23.8. The van der Waals surface area contributed by atoms with Crippen molar-refractivity contribution in [3.8, 4) is 0 Å². The molecule has 0 aromatic carbocycles. The second kappa shape index (κ2) is 9.82. The van der Waals surface area contributed by atoms with Crippen molar-refractivity contribution in [3.05, 3.63) is 12.7 Å². The number of methoxy groups -OCH3 is 1. The molecule has 0 aliphatic carbocycles. The number of rotatable bonds is 9. The molecular formula is C17H25N6O8PS. The summed E-state index contributed by atoms with van der Waals surface area (Å²) in [6.45, 7) is -0.887. The maximum absolute atomic E-state index is 11.6. The van der Waals surface area contributed by atoms with E-state index in [1.165, 1.54) is 26.7 Å². The molecule has 4 N–H and O–H groups in total. The van der Waals surface area contributed by atoms with Crippen LogP contribution in [0.15, 0.2) is 12.7 Å². The van der Waals surface area contributed by atoms with E-state index in [1.807, 2.05) is 6.92 Å². The van der Waals surface area contributed by atoms with E-state index in [-0.39, 0.29) is 12.4 Å². The highest BCUT2D eigenvalue weighted by Crippen LogP contribution is 2.44. The highest BCUT2D eigenvalue weighted by atomic mass is 32.5. The summed E-state index contributed by atoms with van der Waals surface area (Å²) in [5, 5.41) is 2.58. The van der Waals surface area contributed by atoms with Crippen LogP contribution in [0, 0.1) is 0 Å². The largest absolute Gasteiger partial charge is 0.468 e. The first-order valence-corrected chi connectivity index (χ1v) is 12.7. The molecule has 182 valence electrons. The fourth-order valence-corrected chi connectivity index (χ4v) is 5.30. The summed E-state index contributed by atoms with van der Waals surface area (Å²) >= 11 is 5.12. The average Bonchev–Trinajstić information content (AvgIpc) is 3.46. The van der Waals surface area contributed by atoms with Crippen LogP contribution in [0.2, 0.25) is 0 Å². The molecule has 0 spiro atoms. The van der Waals surface area contributed by atoms with Gasteiger partial charge in [0.15, 0.2) is 17.7 Å². The zero-order valence-electron chi connectivity index (χ0n) is 18.1. The van der Waals surface area contributed by atoms with Gasteiger partial charge in [-0.2, -0.15) is 0 Å². The van der Waals surface area contributed by atoms with E-state index in [0.717, 1.165) is 0 Å². The van der Waals surface area contributed by atoms with Crippen LogP contribution in [0.1, 0.15) is 20.1 Å². The van der Waals surface area contributed by atoms with Crippen molar-refractivity contribution >= 4 is 41.4 Å². The summed E-state index contributed by atoms with van der Waals surface area (Å²) in [5.74, 6) is -0.352. The molecule has 2 aliphatic rings. The number of anilines is 1. The lowest BCUT2D eigenvalue weighted by molar-refractivity contribution is -0.265. The number of nitrogen functional groups attached to an aromatic ring is 1. The van der Waals surface area contributed by atoms with Crippen LogP contribution in [0.5, 0.6) is 0 Å². The lowest BCUT2D eigenvalue weighted by Crippen LogP contribution is -2.35. The maximum atomic E-state index is 11.6. The SMILES string of the molecule is CCOC1O[C@@H]2[C@H](O1)[C@@H](COP(O)(=S)N[C@@H](C)C(=O)OC)O[C@H]2n1cnc2c(N)ncnc21. The number of nitrogens with zero attached hydrogens (tertiary/aromatic N) is 4. The molecule has 2 aliphatic heterocycles. The van der Waals surface area contributed by atoms with Gasteiger partial charge in [-0.1, -0.05) is 0 Å². The second-order valence-corrected chi connectivity index (χ2v) is 10.3. The standard InChI is InChI=1S/C17H25N6O8PS/c1-4-27-17-30-11-9(5-28-32(25,33)22-8(2)16(24)26-3)29-15(12(11)31-17)23-7-21-10-13(18)19-6-20-14(10)23/h6-9,11-12,15,17H,4-5H2,1-3H3,(H2,18,19,20)(H2,22,25,33)/t8-,9+,11+,12+,15+,17?,32?/m0/s1. The normalized spacial score (nSPS) is 29.6. The number of nitrogens with one attached hydrogen (secondary N) is 1. The molecule has 16 heteroatoms. The molecule has 2 unspecified atom stereocenters. The molecule has 2 fully saturated rings. The van der Waals surface area contributed by atoms with Crippen LogP contribution in [0.25, 0.3) is 11.2 Å². The van der Waals surface area contributed by atoms with Crippen LogP contribution in [-0.2, 0) is 44.8 Å². The van der Waals surface area contributed by atoms with Crippen LogP contribution in [-0.4, -0.2) is 81.5 Å². The summed E-state index contributed by atoms with van der Waals surface area (Å²) in [4.78, 5) is 34.6. The third-order valence-electron chi connectivity index (χ3n) is 5.11. The summed E-state index contributed by atoms with van der Waals surface area (Å²) in [5.41, 5.74) is 6.77. The molecule has 2 aromatic heterocycles. The Bertz CT molecular complexity index is 1060. The molecule has 0 amide bonds. The minimum absolute atomic E-state index is 0.141. The van der Waals surface area contributed by atoms with Gasteiger partial charge in [0.25, 0.3) is 13.1 Å². The Morgan fingerprint density at radius 1 is 1.36 bits per heavy atom. The van der Waals surface area contributed by atoms with E-state index in [0.29, 0.717) is 17.8 Å². The van der Waals surface area contributed by atoms with Gasteiger partial charge >= 0.3 is 5.97 Å². The molecule has 0 bridgehead atoms. The Labute approximate surface area is 193 Å². The van der Waals surface area contributed by atoms with Gasteiger partial charge in [-0.15, -0.1) is 0 Å². The Morgan fingerprint density at radius 2 is 2.12 bits per heavy atom. The maximum Gasteiger partial charge on any atom is 0.323 e. The van der Waals surface area contributed by atoms with Gasteiger partial charge in [0.2, 0.25) is 0 Å². The van der Waals surface area contributed by atoms with Gasteiger partial charge in [0, 0.05) is 6.61 Å². The molecule has 0 saturated carbocycles. The molecule has 0 radical (unpaired) electrons. The summed E-state index contributed by atoms with van der Waals surface area (Å²) in [6, 6.07) is -0.855. The topological polar surface area (TPSA) is 174 Å². The third kappa shape index (κ3) is 5.01. The van der Waals surface area contributed by atoms with Crippen LogP contribution < -0.4 is 10.8 Å². The molecule has 4 heterocycles. The number of nitrogens with two attached hydrogens (primary N) is 1. The lowest BCUT2D eigenvalue weighted by Gasteiger charge is -2.24. The Morgan fingerprint density at radius 3 is 2.85 bits per heavy atom. The molecule has 2 aromatic rings. The van der Waals surface area contributed by atoms with Gasteiger partial charge in [-0.3, -0.25) is 9.36 Å². The molecule has 7 atom stereocenters. The Kier molecular flexibility index (Phi) is 7.23. The van der Waals surface area contributed by atoms with Crippen LogP contribution in [0.4, 0.5) is 5.82 Å². The predicted molar refractivity (Wildman–Crippen MR) is 116 cm³/mol. The van der Waals surface area contributed by atoms with E-state index < -0.39 is 49.7 Å². The van der Waals surface area contributed by atoms with Crippen molar-refractivity contribution in [2.75, 3.05) is 26.1 Å². The smallest absolute Gasteiger partial charge is 0.323 e. The number of carbonyl (C=O) groups excluding carboxylic acids is 1. The number of carbonyl (C=O) groups is 1. The second-order valence-electron chi connectivity index (χ2n) is 7.28. The first-order chi connectivity index (χ1) is 15.7. The zero-order valence-corrected chi connectivity index (χ0v) is 19.8. The minimum atomic E-state index is -3.54. The number of esters is 1. The first-order valence-electron chi connectivity index (χ1n) is 10.1. The monoisotopic (exact) mass is 504 g/mol. The minimum Gasteiger partial charge on any atom is -0.468 e. The number of imidazole rings is 1. The van der Waals surface area contributed by atoms with Gasteiger partial charge < -0.3 is 38.8 Å². The van der Waals surface area contributed by atoms with E-state index in [1.54, 1.807) is 4.57 Å². The summed E-state index contributed by atoms with van der Waals surface area (Å²) in [7, 11) is 1.24. The molecule has 14 nitrogen and oxygen atoms in total. The average molecular weight is 504 g/mol. The summed E-state index contributed by atoms with van der Waals surface area (Å²) in [6.07, 6.45) is 0.263. The van der Waals surface area contributed by atoms with Crippen molar-refractivity contribution in [1.29, 1.82) is 0 Å². The fraction of sp³-hybridized carbons (Fsp3) is 0.647. The number of hydrogen-bond donors (Lipinski definition) is 3. The highest BCUT2D eigenvalue weighted by Gasteiger charge is 2.54. The van der Waals surface area contributed by atoms with E-state index in [4.69, 9.17) is 41.0 Å². The van der Waals surface area contributed by atoms with Gasteiger partial charge in [0.05, 0.1) is 20.0 Å². The van der Waals surface area contributed by atoms with Crippen molar-refractivity contribution in [2.45, 2.75) is 50.9 Å². The number of hydrogen-bond acceptors (Lipinski definition) is 12. The molecular weight excluding hydrogens is 479 g/mol. The van der Waals surface area contributed by atoms with Gasteiger partial charge in [-0.25, -0.2) is 20.0 Å². The van der Waals surface area contributed by atoms with Crippen molar-refractivity contribution in [1.82, 2.24) is 24.6 Å². The molecule has 4 rings (SSSR count). The third-order valence-corrected chi connectivity index (χ3v) is 6.96. The fourth-order valence-electron chi connectivity index (χ4n) is 3.62. The van der Waals surface area contributed by atoms with Crippen LogP contribution >= 0.6 is 6.64 Å². The first kappa shape index (κ1) is 24.3. The van der Waals surface area contributed by atoms with Gasteiger partial charge in [-0.05, 0) is 25.7 Å². The Hall–Kier alpha value is -1.81. The van der Waals surface area contributed by atoms with Gasteiger partial charge in [0.1, 0.15) is 36.2 Å². The number of ether oxygens (including phenoxy) is 5. The van der Waals surface area contributed by atoms with E-state index >= 15 is 0 Å². The van der Waals surface area contributed by atoms with E-state index in [9.17, 15) is 9.69 Å². The van der Waals surface area contributed by atoms with E-state index in [2.05, 4.69) is 24.8 Å². The highest BCUT2D eigenvalue weighted by molar-refractivity contribution is 8.08. The van der Waals surface area contributed by atoms with Crippen molar-refractivity contribution in [3.63, 3.8) is 0 Å².